The molecule has 0 N–H and O–H groups in total. The summed E-state index contributed by atoms with van der Waals surface area (Å²) in [5.74, 6) is 0.924. The molecule has 1 aliphatic heterocycles. The molecular formula is C18H17N5O. The zero-order valence-corrected chi connectivity index (χ0v) is 13.2. The number of benzene rings is 1. The summed E-state index contributed by atoms with van der Waals surface area (Å²) in [6.45, 7) is 2.82. The van der Waals surface area contributed by atoms with Gasteiger partial charge in [0.15, 0.2) is 5.82 Å². The number of pyridine rings is 1. The lowest BCUT2D eigenvalue weighted by atomic mass is 10.1. The highest BCUT2D eigenvalue weighted by Gasteiger charge is 2.24. The molecule has 1 saturated heterocycles. The van der Waals surface area contributed by atoms with Gasteiger partial charge in [-0.3, -0.25) is 9.78 Å². The van der Waals surface area contributed by atoms with Gasteiger partial charge in [0, 0.05) is 49.3 Å². The quantitative estimate of drug-likeness (QED) is 0.723. The van der Waals surface area contributed by atoms with Crippen LogP contribution in [0.2, 0.25) is 0 Å². The molecule has 1 aliphatic rings. The molecule has 0 radical (unpaired) electrons. The van der Waals surface area contributed by atoms with E-state index in [4.69, 9.17) is 0 Å². The van der Waals surface area contributed by atoms with Crippen molar-refractivity contribution in [2.24, 2.45) is 0 Å². The lowest BCUT2D eigenvalue weighted by Crippen LogP contribution is -2.49. The second-order valence-corrected chi connectivity index (χ2v) is 5.78. The molecule has 0 saturated carbocycles. The SMILES string of the molecule is O=C(c1cccnc1)N1CCN(c2nncc3ccccc23)CC1. The third kappa shape index (κ3) is 2.67. The van der Waals surface area contributed by atoms with Gasteiger partial charge in [-0.1, -0.05) is 24.3 Å². The maximum atomic E-state index is 12.5. The van der Waals surface area contributed by atoms with E-state index in [9.17, 15) is 4.79 Å². The topological polar surface area (TPSA) is 62.2 Å². The number of rotatable bonds is 2. The minimum absolute atomic E-state index is 0.0340. The van der Waals surface area contributed by atoms with E-state index in [0.29, 0.717) is 18.7 Å². The molecule has 6 heteroatoms. The van der Waals surface area contributed by atoms with Crippen LogP contribution in [0.5, 0.6) is 0 Å². The minimum atomic E-state index is 0.0340. The van der Waals surface area contributed by atoms with Crippen molar-refractivity contribution in [3.63, 3.8) is 0 Å². The predicted octanol–water partition coefficient (Wildman–Crippen LogP) is 1.99. The number of fused-ring (bicyclic) bond motifs is 1. The maximum absolute atomic E-state index is 12.5. The number of anilines is 1. The number of piperazine rings is 1. The van der Waals surface area contributed by atoms with Crippen LogP contribution in [0.3, 0.4) is 0 Å². The van der Waals surface area contributed by atoms with Gasteiger partial charge >= 0.3 is 0 Å². The Morgan fingerprint density at radius 2 is 1.79 bits per heavy atom. The molecule has 0 bridgehead atoms. The number of carbonyl (C=O) groups excluding carboxylic acids is 1. The number of hydrogen-bond donors (Lipinski definition) is 0. The number of carbonyl (C=O) groups is 1. The van der Waals surface area contributed by atoms with Crippen LogP contribution in [-0.2, 0) is 0 Å². The van der Waals surface area contributed by atoms with Gasteiger partial charge < -0.3 is 9.80 Å². The minimum Gasteiger partial charge on any atom is -0.351 e. The third-order valence-electron chi connectivity index (χ3n) is 4.33. The van der Waals surface area contributed by atoms with E-state index in [-0.39, 0.29) is 5.91 Å². The van der Waals surface area contributed by atoms with Gasteiger partial charge in [-0.15, -0.1) is 5.10 Å². The Kier molecular flexibility index (Phi) is 3.78. The number of hydrogen-bond acceptors (Lipinski definition) is 5. The molecule has 120 valence electrons. The smallest absolute Gasteiger partial charge is 0.255 e. The van der Waals surface area contributed by atoms with Crippen molar-refractivity contribution in [2.45, 2.75) is 0 Å². The van der Waals surface area contributed by atoms with Crippen LogP contribution in [-0.4, -0.2) is 52.2 Å². The average molecular weight is 319 g/mol. The highest BCUT2D eigenvalue weighted by atomic mass is 16.2. The Labute approximate surface area is 139 Å². The summed E-state index contributed by atoms with van der Waals surface area (Å²) < 4.78 is 0. The maximum Gasteiger partial charge on any atom is 0.255 e. The van der Waals surface area contributed by atoms with Crippen LogP contribution in [0.1, 0.15) is 10.4 Å². The van der Waals surface area contributed by atoms with Crippen LogP contribution in [0.4, 0.5) is 5.82 Å². The fourth-order valence-corrected chi connectivity index (χ4v) is 3.04. The van der Waals surface area contributed by atoms with Gasteiger partial charge in [-0.05, 0) is 12.1 Å². The third-order valence-corrected chi connectivity index (χ3v) is 4.33. The summed E-state index contributed by atoms with van der Waals surface area (Å²) in [6, 6.07) is 11.7. The van der Waals surface area contributed by atoms with E-state index in [2.05, 4.69) is 26.1 Å². The van der Waals surface area contributed by atoms with Crippen LogP contribution in [0.25, 0.3) is 10.8 Å². The first-order valence-electron chi connectivity index (χ1n) is 7.97. The monoisotopic (exact) mass is 319 g/mol. The summed E-state index contributed by atoms with van der Waals surface area (Å²) in [5.41, 5.74) is 0.635. The Bertz CT molecular complexity index is 854. The van der Waals surface area contributed by atoms with Crippen LogP contribution >= 0.6 is 0 Å². The Hall–Kier alpha value is -3.02. The first-order valence-corrected chi connectivity index (χ1v) is 7.97. The van der Waals surface area contributed by atoms with Crippen LogP contribution in [0, 0.1) is 0 Å². The first-order chi connectivity index (χ1) is 11.8. The lowest BCUT2D eigenvalue weighted by Gasteiger charge is -2.35. The van der Waals surface area contributed by atoms with E-state index in [0.717, 1.165) is 29.7 Å². The van der Waals surface area contributed by atoms with Gasteiger partial charge in [0.1, 0.15) is 0 Å². The van der Waals surface area contributed by atoms with Gasteiger partial charge in [0.2, 0.25) is 0 Å². The van der Waals surface area contributed by atoms with Crippen molar-refractivity contribution in [3.8, 4) is 0 Å². The molecule has 2 aromatic heterocycles. The van der Waals surface area contributed by atoms with E-state index in [1.807, 2.05) is 23.1 Å². The Morgan fingerprint density at radius 1 is 0.958 bits per heavy atom. The van der Waals surface area contributed by atoms with Crippen LogP contribution in [0.15, 0.2) is 55.0 Å². The Balaban J connectivity index is 1.51. The molecule has 0 aliphatic carbocycles. The van der Waals surface area contributed by atoms with E-state index < -0.39 is 0 Å². The summed E-state index contributed by atoms with van der Waals surface area (Å²) in [7, 11) is 0. The zero-order valence-electron chi connectivity index (χ0n) is 13.2. The van der Waals surface area contributed by atoms with Crippen LogP contribution < -0.4 is 4.90 Å². The van der Waals surface area contributed by atoms with Crippen molar-refractivity contribution in [2.75, 3.05) is 31.1 Å². The highest BCUT2D eigenvalue weighted by Crippen LogP contribution is 2.24. The molecule has 0 spiro atoms. The Morgan fingerprint density at radius 3 is 2.58 bits per heavy atom. The van der Waals surface area contributed by atoms with Crippen molar-refractivity contribution < 1.29 is 4.79 Å². The van der Waals surface area contributed by atoms with E-state index in [1.54, 1.807) is 30.7 Å². The molecule has 6 nitrogen and oxygen atoms in total. The molecule has 24 heavy (non-hydrogen) atoms. The van der Waals surface area contributed by atoms with Crippen molar-refractivity contribution in [1.82, 2.24) is 20.1 Å². The normalized spacial score (nSPS) is 14.8. The van der Waals surface area contributed by atoms with Gasteiger partial charge in [-0.2, -0.15) is 5.10 Å². The summed E-state index contributed by atoms with van der Waals surface area (Å²) in [6.07, 6.45) is 5.07. The molecule has 1 aromatic carbocycles. The summed E-state index contributed by atoms with van der Waals surface area (Å²) in [5, 5.41) is 10.6. The second kappa shape index (κ2) is 6.23. The van der Waals surface area contributed by atoms with E-state index >= 15 is 0 Å². The van der Waals surface area contributed by atoms with Gasteiger partial charge in [0.25, 0.3) is 5.91 Å². The number of aromatic nitrogens is 3. The molecule has 1 amide bonds. The molecule has 0 atom stereocenters. The largest absolute Gasteiger partial charge is 0.351 e. The molecule has 1 fully saturated rings. The van der Waals surface area contributed by atoms with E-state index in [1.165, 1.54) is 0 Å². The average Bonchev–Trinajstić information content (AvgIpc) is 2.68. The molecule has 4 rings (SSSR count). The zero-order chi connectivity index (χ0) is 16.4. The standard InChI is InChI=1S/C18H17N5O/c24-18(15-5-3-7-19-12-15)23-10-8-22(9-11-23)17-16-6-2-1-4-14(16)13-20-21-17/h1-7,12-13H,8-11H2. The molecular weight excluding hydrogens is 302 g/mol. The van der Waals surface area contributed by atoms with Crippen molar-refractivity contribution in [1.29, 1.82) is 0 Å². The number of amides is 1. The van der Waals surface area contributed by atoms with Gasteiger partial charge in [-0.25, -0.2) is 0 Å². The fraction of sp³-hybridized carbons (Fsp3) is 0.222. The molecule has 0 unspecified atom stereocenters. The van der Waals surface area contributed by atoms with Gasteiger partial charge in [0.05, 0.1) is 11.8 Å². The highest BCUT2D eigenvalue weighted by molar-refractivity contribution is 5.94. The van der Waals surface area contributed by atoms with Crippen molar-refractivity contribution >= 4 is 22.5 Å². The lowest BCUT2D eigenvalue weighted by molar-refractivity contribution is 0.0746. The van der Waals surface area contributed by atoms with Crippen molar-refractivity contribution in [3.05, 3.63) is 60.6 Å². The fourth-order valence-electron chi connectivity index (χ4n) is 3.04. The predicted molar refractivity (Wildman–Crippen MR) is 91.9 cm³/mol. The number of nitrogens with zero attached hydrogens (tertiary/aromatic N) is 5. The second-order valence-electron chi connectivity index (χ2n) is 5.78. The summed E-state index contributed by atoms with van der Waals surface area (Å²) in [4.78, 5) is 20.6. The summed E-state index contributed by atoms with van der Waals surface area (Å²) >= 11 is 0. The molecule has 3 heterocycles. The molecule has 3 aromatic rings. The first kappa shape index (κ1) is 14.6.